The molecule has 0 unspecified atom stereocenters. The molecule has 0 atom stereocenters. The molecule has 0 saturated carbocycles. The molecule has 0 radical (unpaired) electrons. The van der Waals surface area contributed by atoms with E-state index in [2.05, 4.69) is 13.8 Å². The van der Waals surface area contributed by atoms with Crippen molar-refractivity contribution >= 4 is 11.9 Å². The monoisotopic (exact) mass is 272 g/mol. The molecule has 0 aliphatic carbocycles. The highest BCUT2D eigenvalue weighted by molar-refractivity contribution is 5.91. The van der Waals surface area contributed by atoms with E-state index in [1.807, 2.05) is 0 Å². The second kappa shape index (κ2) is 13.4. The van der Waals surface area contributed by atoms with Crippen LogP contribution in [0.2, 0.25) is 0 Å². The summed E-state index contributed by atoms with van der Waals surface area (Å²) >= 11 is 0. The summed E-state index contributed by atoms with van der Waals surface area (Å²) in [6.45, 7) is 5.07. The van der Waals surface area contributed by atoms with Crippen molar-refractivity contribution in [1.82, 2.24) is 0 Å². The fourth-order valence-electron chi connectivity index (χ4n) is 1.65. The van der Waals surface area contributed by atoms with Gasteiger partial charge in [0.2, 0.25) is 0 Å². The Morgan fingerprint density at radius 2 is 1.11 bits per heavy atom. The number of ether oxygens (including phenoxy) is 2. The summed E-state index contributed by atoms with van der Waals surface area (Å²) in [5.41, 5.74) is 0. The van der Waals surface area contributed by atoms with Gasteiger partial charge in [-0.2, -0.15) is 0 Å². The summed E-state index contributed by atoms with van der Waals surface area (Å²) in [5.74, 6) is -0.954. The fourth-order valence-corrected chi connectivity index (χ4v) is 1.65. The van der Waals surface area contributed by atoms with Crippen LogP contribution >= 0.6 is 0 Å². The summed E-state index contributed by atoms with van der Waals surface area (Å²) < 4.78 is 9.93. The Hall–Kier alpha value is -1.06. The van der Waals surface area contributed by atoms with Crippen LogP contribution in [0.5, 0.6) is 0 Å². The minimum atomic E-state index is -0.477. The summed E-state index contributed by atoms with van der Waals surface area (Å²) in [4.78, 5) is 22.6. The molecule has 0 aromatic heterocycles. The van der Waals surface area contributed by atoms with Crippen LogP contribution < -0.4 is 0 Å². The van der Waals surface area contributed by atoms with Gasteiger partial charge in [0.05, 0.1) is 13.2 Å². The number of hydrogen-bond acceptors (Lipinski definition) is 4. The molecule has 0 bridgehead atoms. The molecule has 0 heterocycles. The predicted molar refractivity (Wildman–Crippen MR) is 74.8 cm³/mol. The average Bonchev–Trinajstić information content (AvgIpc) is 2.38. The molecular formula is C15H28O4. The quantitative estimate of drug-likeness (QED) is 0.309. The van der Waals surface area contributed by atoms with E-state index in [1.54, 1.807) is 0 Å². The van der Waals surface area contributed by atoms with Crippen molar-refractivity contribution in [3.63, 3.8) is 0 Å². The van der Waals surface area contributed by atoms with Crippen molar-refractivity contribution < 1.29 is 19.1 Å². The fraction of sp³-hybridized carbons (Fsp3) is 0.867. The zero-order chi connectivity index (χ0) is 14.3. The van der Waals surface area contributed by atoms with Gasteiger partial charge in [-0.05, 0) is 12.8 Å². The molecule has 0 spiro atoms. The van der Waals surface area contributed by atoms with Gasteiger partial charge in [-0.25, -0.2) is 0 Å². The van der Waals surface area contributed by atoms with Crippen LogP contribution in [-0.4, -0.2) is 25.2 Å². The maximum atomic E-state index is 11.3. The molecule has 0 aliphatic rings. The normalized spacial score (nSPS) is 10.2. The van der Waals surface area contributed by atoms with Crippen molar-refractivity contribution in [2.24, 2.45) is 0 Å². The first-order chi connectivity index (χ1) is 9.20. The molecule has 0 aliphatic heterocycles. The van der Waals surface area contributed by atoms with Crippen LogP contribution in [0.1, 0.15) is 71.6 Å². The van der Waals surface area contributed by atoms with Gasteiger partial charge in [0.25, 0.3) is 0 Å². The van der Waals surface area contributed by atoms with E-state index in [0.29, 0.717) is 13.2 Å². The highest BCUT2D eigenvalue weighted by Crippen LogP contribution is 2.02. The van der Waals surface area contributed by atoms with Crippen LogP contribution in [0.4, 0.5) is 0 Å². The molecule has 0 fully saturated rings. The van der Waals surface area contributed by atoms with E-state index >= 15 is 0 Å². The lowest BCUT2D eigenvalue weighted by atomic mass is 10.2. The first-order valence-corrected chi connectivity index (χ1v) is 7.52. The molecule has 0 saturated heterocycles. The minimum Gasteiger partial charge on any atom is -0.465 e. The molecule has 112 valence electrons. The summed E-state index contributed by atoms with van der Waals surface area (Å²) in [7, 11) is 0. The minimum absolute atomic E-state index is 0.262. The van der Waals surface area contributed by atoms with Crippen LogP contribution in [-0.2, 0) is 19.1 Å². The van der Waals surface area contributed by atoms with Crippen LogP contribution in [0.15, 0.2) is 0 Å². The Morgan fingerprint density at radius 3 is 1.47 bits per heavy atom. The third-order valence-electron chi connectivity index (χ3n) is 2.81. The highest BCUT2D eigenvalue weighted by Gasteiger charge is 2.11. The number of esters is 2. The topological polar surface area (TPSA) is 52.6 Å². The van der Waals surface area contributed by atoms with E-state index in [9.17, 15) is 9.59 Å². The number of rotatable bonds is 12. The van der Waals surface area contributed by atoms with Gasteiger partial charge in [-0.3, -0.25) is 9.59 Å². The largest absolute Gasteiger partial charge is 0.465 e. The Kier molecular flexibility index (Phi) is 12.6. The molecule has 0 amide bonds. The number of carbonyl (C=O) groups is 2. The van der Waals surface area contributed by atoms with Gasteiger partial charge >= 0.3 is 11.9 Å². The maximum Gasteiger partial charge on any atom is 0.317 e. The Labute approximate surface area is 116 Å². The van der Waals surface area contributed by atoms with E-state index < -0.39 is 11.9 Å². The van der Waals surface area contributed by atoms with Crippen LogP contribution in [0.25, 0.3) is 0 Å². The summed E-state index contributed by atoms with van der Waals surface area (Å²) in [6, 6.07) is 0. The molecule has 0 N–H and O–H groups in total. The first kappa shape index (κ1) is 17.9. The standard InChI is InChI=1S/C15H28O4/c1-3-5-7-9-11-18-14(16)13-15(17)19-12-10-8-6-4-2/h3-13H2,1-2H3. The third kappa shape index (κ3) is 13.2. The lowest BCUT2D eigenvalue weighted by molar-refractivity contribution is -0.154. The molecule has 0 rings (SSSR count). The molecule has 0 aromatic rings. The Morgan fingerprint density at radius 1 is 0.684 bits per heavy atom. The molecular weight excluding hydrogens is 244 g/mol. The van der Waals surface area contributed by atoms with Crippen molar-refractivity contribution in [2.75, 3.05) is 13.2 Å². The molecule has 0 aromatic carbocycles. The lowest BCUT2D eigenvalue weighted by Crippen LogP contribution is -2.15. The van der Waals surface area contributed by atoms with Gasteiger partial charge in [-0.1, -0.05) is 52.4 Å². The zero-order valence-electron chi connectivity index (χ0n) is 12.4. The number of carbonyl (C=O) groups excluding carboxylic acids is 2. The van der Waals surface area contributed by atoms with Crippen LogP contribution in [0.3, 0.4) is 0 Å². The van der Waals surface area contributed by atoms with Crippen molar-refractivity contribution in [1.29, 1.82) is 0 Å². The van der Waals surface area contributed by atoms with Gasteiger partial charge < -0.3 is 9.47 Å². The highest BCUT2D eigenvalue weighted by atomic mass is 16.6. The van der Waals surface area contributed by atoms with E-state index in [4.69, 9.17) is 9.47 Å². The van der Waals surface area contributed by atoms with Gasteiger partial charge in [0, 0.05) is 0 Å². The summed E-state index contributed by atoms with van der Waals surface area (Å²) in [6.07, 6.45) is 8.20. The van der Waals surface area contributed by atoms with Gasteiger partial charge in [0.15, 0.2) is 0 Å². The molecule has 19 heavy (non-hydrogen) atoms. The van der Waals surface area contributed by atoms with Gasteiger partial charge in [0.1, 0.15) is 6.42 Å². The van der Waals surface area contributed by atoms with Crippen molar-refractivity contribution in [3.05, 3.63) is 0 Å². The van der Waals surface area contributed by atoms with Crippen molar-refractivity contribution in [3.8, 4) is 0 Å². The van der Waals surface area contributed by atoms with Crippen molar-refractivity contribution in [2.45, 2.75) is 71.6 Å². The number of unbranched alkanes of at least 4 members (excludes halogenated alkanes) is 6. The second-order valence-corrected chi connectivity index (χ2v) is 4.74. The smallest absolute Gasteiger partial charge is 0.317 e. The SMILES string of the molecule is CCCCCCOC(=O)CC(=O)OCCCCCC. The van der Waals surface area contributed by atoms with Gasteiger partial charge in [-0.15, -0.1) is 0 Å². The number of hydrogen-bond donors (Lipinski definition) is 0. The first-order valence-electron chi connectivity index (χ1n) is 7.52. The van der Waals surface area contributed by atoms with E-state index in [0.717, 1.165) is 51.4 Å². The van der Waals surface area contributed by atoms with Crippen LogP contribution in [0, 0.1) is 0 Å². The predicted octanol–water partition coefficient (Wildman–Crippen LogP) is 3.62. The second-order valence-electron chi connectivity index (χ2n) is 4.74. The van der Waals surface area contributed by atoms with E-state index in [-0.39, 0.29) is 6.42 Å². The molecule has 4 heteroatoms. The zero-order valence-corrected chi connectivity index (χ0v) is 12.4. The molecule has 4 nitrogen and oxygen atoms in total. The maximum absolute atomic E-state index is 11.3. The lowest BCUT2D eigenvalue weighted by Gasteiger charge is -2.05. The average molecular weight is 272 g/mol. The summed E-state index contributed by atoms with van der Waals surface area (Å²) in [5, 5.41) is 0. The van der Waals surface area contributed by atoms with E-state index in [1.165, 1.54) is 0 Å². The third-order valence-corrected chi connectivity index (χ3v) is 2.81. The Bertz CT molecular complexity index is 214. The Balaban J connectivity index is 3.40.